The first-order valence-corrected chi connectivity index (χ1v) is 7.96. The smallest absolute Gasteiger partial charge is 0.0410 e. The average Bonchev–Trinajstić information content (AvgIpc) is 2.36. The highest BCUT2D eigenvalue weighted by Gasteiger charge is 2.06. The van der Waals surface area contributed by atoms with Crippen molar-refractivity contribution in [2.24, 2.45) is 5.73 Å². The molecule has 1 heterocycles. The number of halogens is 1. The molecular formula is C15H17BrN2S. The van der Waals surface area contributed by atoms with Crippen LogP contribution >= 0.6 is 27.7 Å². The minimum atomic E-state index is 0.140. The van der Waals surface area contributed by atoms with E-state index in [1.165, 1.54) is 16.0 Å². The number of benzene rings is 1. The standard InChI is InChI=1S/C15H17BrN2S/c1-11-3-2-4-15(5-11)19-10-14(17)7-12-6-13(16)9-18-8-12/h2-6,8-9,14H,7,10,17H2,1H3. The number of nitrogens with two attached hydrogens (primary N) is 1. The molecule has 2 N–H and O–H groups in total. The average molecular weight is 337 g/mol. The SMILES string of the molecule is Cc1cccc(SCC(N)Cc2cncc(Br)c2)c1. The predicted octanol–water partition coefficient (Wildman–Crippen LogP) is 3.81. The maximum Gasteiger partial charge on any atom is 0.0410 e. The highest BCUT2D eigenvalue weighted by molar-refractivity contribution is 9.10. The summed E-state index contributed by atoms with van der Waals surface area (Å²) < 4.78 is 1.00. The summed E-state index contributed by atoms with van der Waals surface area (Å²) in [4.78, 5) is 5.44. The molecule has 0 saturated heterocycles. The Kier molecular flexibility index (Phi) is 5.43. The van der Waals surface area contributed by atoms with E-state index in [2.05, 4.69) is 58.2 Å². The van der Waals surface area contributed by atoms with E-state index >= 15 is 0 Å². The molecule has 0 aliphatic heterocycles. The molecule has 4 heteroatoms. The molecule has 100 valence electrons. The highest BCUT2D eigenvalue weighted by atomic mass is 79.9. The fourth-order valence-electron chi connectivity index (χ4n) is 1.84. The molecule has 0 saturated carbocycles. The largest absolute Gasteiger partial charge is 0.327 e. The van der Waals surface area contributed by atoms with Gasteiger partial charge in [-0.3, -0.25) is 4.98 Å². The second-order valence-corrected chi connectivity index (χ2v) is 6.61. The van der Waals surface area contributed by atoms with E-state index in [0.29, 0.717) is 0 Å². The van der Waals surface area contributed by atoms with Gasteiger partial charge in [-0.1, -0.05) is 17.7 Å². The molecule has 2 rings (SSSR count). The van der Waals surface area contributed by atoms with Gasteiger partial charge in [-0.15, -0.1) is 11.8 Å². The summed E-state index contributed by atoms with van der Waals surface area (Å²) in [5.41, 5.74) is 8.64. The number of aryl methyl sites for hydroxylation is 1. The lowest BCUT2D eigenvalue weighted by Crippen LogP contribution is -2.25. The molecule has 0 fully saturated rings. The Morgan fingerprint density at radius 3 is 2.89 bits per heavy atom. The Balaban J connectivity index is 1.86. The zero-order valence-electron chi connectivity index (χ0n) is 10.8. The van der Waals surface area contributed by atoms with Crippen molar-refractivity contribution >= 4 is 27.7 Å². The number of thioether (sulfide) groups is 1. The zero-order chi connectivity index (χ0) is 13.7. The van der Waals surface area contributed by atoms with E-state index in [4.69, 9.17) is 5.73 Å². The lowest BCUT2D eigenvalue weighted by atomic mass is 10.1. The Hall–Kier alpha value is -0.840. The number of pyridine rings is 1. The first-order chi connectivity index (χ1) is 9.13. The summed E-state index contributed by atoms with van der Waals surface area (Å²) in [6.07, 6.45) is 4.52. The zero-order valence-corrected chi connectivity index (χ0v) is 13.2. The summed E-state index contributed by atoms with van der Waals surface area (Å²) in [7, 11) is 0. The second-order valence-electron chi connectivity index (χ2n) is 4.60. The molecular weight excluding hydrogens is 320 g/mol. The van der Waals surface area contributed by atoms with Crippen LogP contribution in [0.15, 0.2) is 52.1 Å². The van der Waals surface area contributed by atoms with Crippen LogP contribution < -0.4 is 5.73 Å². The molecule has 1 aromatic carbocycles. The quantitative estimate of drug-likeness (QED) is 0.843. The number of nitrogens with zero attached hydrogens (tertiary/aromatic N) is 1. The molecule has 0 aliphatic carbocycles. The van der Waals surface area contributed by atoms with Gasteiger partial charge in [0.2, 0.25) is 0 Å². The van der Waals surface area contributed by atoms with Crippen LogP contribution in [0.1, 0.15) is 11.1 Å². The van der Waals surface area contributed by atoms with Crippen molar-refractivity contribution in [2.75, 3.05) is 5.75 Å². The van der Waals surface area contributed by atoms with Gasteiger partial charge in [0.25, 0.3) is 0 Å². The summed E-state index contributed by atoms with van der Waals surface area (Å²) >= 11 is 5.24. The monoisotopic (exact) mass is 336 g/mol. The number of hydrogen-bond acceptors (Lipinski definition) is 3. The van der Waals surface area contributed by atoms with Gasteiger partial charge in [0, 0.05) is 33.6 Å². The number of rotatable bonds is 5. The van der Waals surface area contributed by atoms with Crippen molar-refractivity contribution in [3.8, 4) is 0 Å². The molecule has 0 spiro atoms. The van der Waals surface area contributed by atoms with E-state index in [1.54, 1.807) is 6.20 Å². The predicted molar refractivity (Wildman–Crippen MR) is 85.5 cm³/mol. The van der Waals surface area contributed by atoms with Crippen molar-refractivity contribution in [1.29, 1.82) is 0 Å². The van der Waals surface area contributed by atoms with Crippen molar-refractivity contribution in [1.82, 2.24) is 4.98 Å². The van der Waals surface area contributed by atoms with Crippen LogP contribution in [-0.2, 0) is 6.42 Å². The summed E-state index contributed by atoms with van der Waals surface area (Å²) in [6.45, 7) is 2.11. The minimum Gasteiger partial charge on any atom is -0.327 e. The number of aromatic nitrogens is 1. The Bertz CT molecular complexity index is 545. The van der Waals surface area contributed by atoms with Gasteiger partial charge in [-0.05, 0) is 53.0 Å². The van der Waals surface area contributed by atoms with Gasteiger partial charge < -0.3 is 5.73 Å². The highest BCUT2D eigenvalue weighted by Crippen LogP contribution is 2.20. The Labute approximate surface area is 126 Å². The third kappa shape index (κ3) is 4.97. The van der Waals surface area contributed by atoms with Crippen molar-refractivity contribution in [3.63, 3.8) is 0 Å². The molecule has 0 amide bonds. The van der Waals surface area contributed by atoms with Crippen molar-refractivity contribution < 1.29 is 0 Å². The lowest BCUT2D eigenvalue weighted by Gasteiger charge is -2.11. The lowest BCUT2D eigenvalue weighted by molar-refractivity contribution is 0.745. The molecule has 19 heavy (non-hydrogen) atoms. The summed E-state index contributed by atoms with van der Waals surface area (Å²) in [5, 5.41) is 0. The van der Waals surface area contributed by atoms with Crippen LogP contribution in [0.25, 0.3) is 0 Å². The molecule has 2 nitrogen and oxygen atoms in total. The van der Waals surface area contributed by atoms with Crippen LogP contribution in [0.2, 0.25) is 0 Å². The molecule has 0 aliphatic rings. The van der Waals surface area contributed by atoms with Gasteiger partial charge in [0.1, 0.15) is 0 Å². The summed E-state index contributed by atoms with van der Waals surface area (Å²) in [5.74, 6) is 0.913. The van der Waals surface area contributed by atoms with Gasteiger partial charge in [-0.2, -0.15) is 0 Å². The van der Waals surface area contributed by atoms with Crippen molar-refractivity contribution in [2.45, 2.75) is 24.3 Å². The van der Waals surface area contributed by atoms with Crippen molar-refractivity contribution in [3.05, 3.63) is 58.3 Å². The topological polar surface area (TPSA) is 38.9 Å². The van der Waals surface area contributed by atoms with E-state index in [9.17, 15) is 0 Å². The second kappa shape index (κ2) is 7.08. The molecule has 1 aromatic heterocycles. The first kappa shape index (κ1) is 14.6. The van der Waals surface area contributed by atoms with Crippen LogP contribution in [0, 0.1) is 6.92 Å². The van der Waals surface area contributed by atoms with Crippen LogP contribution in [-0.4, -0.2) is 16.8 Å². The van der Waals surface area contributed by atoms with E-state index < -0.39 is 0 Å². The third-order valence-corrected chi connectivity index (χ3v) is 4.33. The molecule has 0 bridgehead atoms. The maximum absolute atomic E-state index is 6.18. The fraction of sp³-hybridized carbons (Fsp3) is 0.267. The molecule has 1 unspecified atom stereocenters. The van der Waals surface area contributed by atoms with Gasteiger partial charge >= 0.3 is 0 Å². The molecule has 0 radical (unpaired) electrons. The minimum absolute atomic E-state index is 0.140. The Morgan fingerprint density at radius 2 is 2.16 bits per heavy atom. The van der Waals surface area contributed by atoms with Crippen LogP contribution in [0.3, 0.4) is 0 Å². The fourth-order valence-corrected chi connectivity index (χ4v) is 3.22. The van der Waals surface area contributed by atoms with E-state index in [0.717, 1.165) is 16.6 Å². The van der Waals surface area contributed by atoms with Crippen LogP contribution in [0.5, 0.6) is 0 Å². The third-order valence-electron chi connectivity index (χ3n) is 2.71. The Morgan fingerprint density at radius 1 is 1.32 bits per heavy atom. The van der Waals surface area contributed by atoms with Gasteiger partial charge in [0.05, 0.1) is 0 Å². The van der Waals surface area contributed by atoms with Gasteiger partial charge in [-0.25, -0.2) is 0 Å². The normalized spacial score (nSPS) is 12.4. The number of hydrogen-bond donors (Lipinski definition) is 1. The summed E-state index contributed by atoms with van der Waals surface area (Å²) in [6, 6.07) is 10.7. The maximum atomic E-state index is 6.18. The molecule has 2 aromatic rings. The van der Waals surface area contributed by atoms with E-state index in [1.807, 2.05) is 18.0 Å². The van der Waals surface area contributed by atoms with E-state index in [-0.39, 0.29) is 6.04 Å². The first-order valence-electron chi connectivity index (χ1n) is 6.18. The molecule has 1 atom stereocenters. The van der Waals surface area contributed by atoms with Crippen LogP contribution in [0.4, 0.5) is 0 Å². The van der Waals surface area contributed by atoms with Gasteiger partial charge in [0.15, 0.2) is 0 Å².